The number of hydrogen-bond donors (Lipinski definition) is 1. The second-order valence-corrected chi connectivity index (χ2v) is 4.68. The van der Waals surface area contributed by atoms with Gasteiger partial charge in [0.05, 0.1) is 17.9 Å². The molecule has 0 saturated heterocycles. The van der Waals surface area contributed by atoms with Gasteiger partial charge in [-0.05, 0) is 38.4 Å². The van der Waals surface area contributed by atoms with E-state index in [1.807, 2.05) is 25.1 Å². The first-order chi connectivity index (χ1) is 9.59. The molecule has 1 atom stereocenters. The first-order valence-electron chi connectivity index (χ1n) is 6.32. The van der Waals surface area contributed by atoms with E-state index in [0.717, 1.165) is 5.76 Å². The van der Waals surface area contributed by atoms with Gasteiger partial charge in [0.1, 0.15) is 11.6 Å². The topological polar surface area (TPSA) is 45.5 Å². The zero-order valence-corrected chi connectivity index (χ0v) is 11.5. The number of nitrogens with zero attached hydrogens (tertiary/aromatic N) is 1. The minimum atomic E-state index is -0.524. The highest BCUT2D eigenvalue weighted by molar-refractivity contribution is 5.94. The van der Waals surface area contributed by atoms with E-state index in [2.05, 4.69) is 5.32 Å². The highest BCUT2D eigenvalue weighted by atomic mass is 19.1. The number of likely N-dealkylation sites (N-methyl/N-ethyl adjacent to an activating group) is 1. The average Bonchev–Trinajstić information content (AvgIpc) is 2.92. The van der Waals surface area contributed by atoms with Gasteiger partial charge in [-0.1, -0.05) is 12.1 Å². The highest BCUT2D eigenvalue weighted by Gasteiger charge is 2.19. The Morgan fingerprint density at radius 3 is 2.65 bits per heavy atom. The van der Waals surface area contributed by atoms with Crippen molar-refractivity contribution in [2.75, 3.05) is 20.6 Å². The molecule has 0 radical (unpaired) electrons. The van der Waals surface area contributed by atoms with Crippen molar-refractivity contribution in [3.63, 3.8) is 0 Å². The molecule has 0 bridgehead atoms. The Kier molecular flexibility index (Phi) is 4.53. The van der Waals surface area contributed by atoms with E-state index in [-0.39, 0.29) is 11.6 Å². The van der Waals surface area contributed by atoms with E-state index in [4.69, 9.17) is 4.42 Å². The molecule has 2 aromatic rings. The smallest absolute Gasteiger partial charge is 0.254 e. The van der Waals surface area contributed by atoms with Crippen LogP contribution in [0.3, 0.4) is 0 Å². The summed E-state index contributed by atoms with van der Waals surface area (Å²) < 4.78 is 18.9. The van der Waals surface area contributed by atoms with Crippen LogP contribution in [0.4, 0.5) is 4.39 Å². The molecule has 4 nitrogen and oxygen atoms in total. The summed E-state index contributed by atoms with van der Waals surface area (Å²) in [5.74, 6) is -0.199. The molecule has 0 aliphatic carbocycles. The third kappa shape index (κ3) is 3.24. The van der Waals surface area contributed by atoms with Crippen LogP contribution in [0.25, 0.3) is 0 Å². The average molecular weight is 276 g/mol. The summed E-state index contributed by atoms with van der Waals surface area (Å²) in [7, 11) is 3.78. The maximum Gasteiger partial charge on any atom is 0.254 e. The van der Waals surface area contributed by atoms with Crippen LogP contribution >= 0.6 is 0 Å². The second-order valence-electron chi connectivity index (χ2n) is 4.68. The van der Waals surface area contributed by atoms with Crippen LogP contribution in [0.5, 0.6) is 0 Å². The van der Waals surface area contributed by atoms with Crippen molar-refractivity contribution in [1.29, 1.82) is 0 Å². The molecule has 0 saturated carbocycles. The third-order valence-corrected chi connectivity index (χ3v) is 3.07. The van der Waals surface area contributed by atoms with E-state index < -0.39 is 11.7 Å². The zero-order valence-electron chi connectivity index (χ0n) is 11.5. The SMILES string of the molecule is CN(C)C(CNC(=O)c1ccccc1F)c1ccco1. The Morgan fingerprint density at radius 1 is 1.30 bits per heavy atom. The molecule has 1 unspecified atom stereocenters. The number of carbonyl (C=O) groups is 1. The molecule has 1 aromatic heterocycles. The summed E-state index contributed by atoms with van der Waals surface area (Å²) in [5.41, 5.74) is 0.0458. The number of benzene rings is 1. The number of halogens is 1. The second kappa shape index (κ2) is 6.34. The number of rotatable bonds is 5. The molecule has 2 rings (SSSR count). The maximum absolute atomic E-state index is 13.5. The Balaban J connectivity index is 2.03. The quantitative estimate of drug-likeness (QED) is 0.912. The largest absolute Gasteiger partial charge is 0.468 e. The molecular weight excluding hydrogens is 259 g/mol. The first-order valence-corrected chi connectivity index (χ1v) is 6.32. The van der Waals surface area contributed by atoms with Crippen molar-refractivity contribution >= 4 is 5.91 Å². The molecule has 0 aliphatic heterocycles. The highest BCUT2D eigenvalue weighted by Crippen LogP contribution is 2.17. The lowest BCUT2D eigenvalue weighted by molar-refractivity contribution is 0.0935. The van der Waals surface area contributed by atoms with E-state index in [9.17, 15) is 9.18 Å². The van der Waals surface area contributed by atoms with Crippen LogP contribution in [0.2, 0.25) is 0 Å². The monoisotopic (exact) mass is 276 g/mol. The molecule has 0 aliphatic rings. The molecule has 106 valence electrons. The van der Waals surface area contributed by atoms with Crippen LogP contribution in [0, 0.1) is 5.82 Å². The number of furan rings is 1. The van der Waals surface area contributed by atoms with Crippen LogP contribution in [0.15, 0.2) is 47.1 Å². The summed E-state index contributed by atoms with van der Waals surface area (Å²) in [5, 5.41) is 2.73. The lowest BCUT2D eigenvalue weighted by Gasteiger charge is -2.22. The summed E-state index contributed by atoms with van der Waals surface area (Å²) in [6, 6.07) is 9.46. The summed E-state index contributed by atoms with van der Waals surface area (Å²) in [6.07, 6.45) is 1.59. The normalized spacial score (nSPS) is 12.4. The van der Waals surface area contributed by atoms with Gasteiger partial charge in [0.2, 0.25) is 0 Å². The molecule has 0 spiro atoms. The third-order valence-electron chi connectivity index (χ3n) is 3.07. The number of carbonyl (C=O) groups excluding carboxylic acids is 1. The van der Waals surface area contributed by atoms with Gasteiger partial charge in [0, 0.05) is 6.54 Å². The van der Waals surface area contributed by atoms with Crippen LogP contribution in [-0.2, 0) is 0 Å². The van der Waals surface area contributed by atoms with E-state index in [1.165, 1.54) is 12.1 Å². The first kappa shape index (κ1) is 14.3. The summed E-state index contributed by atoms with van der Waals surface area (Å²) in [4.78, 5) is 13.9. The number of nitrogens with one attached hydrogen (secondary N) is 1. The predicted molar refractivity (Wildman–Crippen MR) is 73.9 cm³/mol. The van der Waals surface area contributed by atoms with Gasteiger partial charge >= 0.3 is 0 Å². The standard InChI is InChI=1S/C15H17FN2O2/c1-18(2)13(14-8-5-9-20-14)10-17-15(19)11-6-3-4-7-12(11)16/h3-9,13H,10H2,1-2H3,(H,17,19). The van der Waals surface area contributed by atoms with Gasteiger partial charge in [-0.15, -0.1) is 0 Å². The van der Waals surface area contributed by atoms with Crippen molar-refractivity contribution in [3.8, 4) is 0 Å². The fraction of sp³-hybridized carbons (Fsp3) is 0.267. The van der Waals surface area contributed by atoms with Crippen molar-refractivity contribution in [3.05, 3.63) is 59.8 Å². The van der Waals surface area contributed by atoms with Crippen molar-refractivity contribution in [2.45, 2.75) is 6.04 Å². The van der Waals surface area contributed by atoms with Gasteiger partial charge in [-0.3, -0.25) is 9.69 Å². The van der Waals surface area contributed by atoms with Crippen LogP contribution in [0.1, 0.15) is 22.2 Å². The van der Waals surface area contributed by atoms with Crippen LogP contribution < -0.4 is 5.32 Å². The van der Waals surface area contributed by atoms with Crippen molar-refractivity contribution in [1.82, 2.24) is 10.2 Å². The van der Waals surface area contributed by atoms with Gasteiger partial charge in [0.15, 0.2) is 0 Å². The van der Waals surface area contributed by atoms with Crippen molar-refractivity contribution in [2.24, 2.45) is 0 Å². The minimum Gasteiger partial charge on any atom is -0.468 e. The summed E-state index contributed by atoms with van der Waals surface area (Å²) in [6.45, 7) is 0.341. The van der Waals surface area contributed by atoms with Gasteiger partial charge in [0.25, 0.3) is 5.91 Å². The molecule has 20 heavy (non-hydrogen) atoms. The zero-order chi connectivity index (χ0) is 14.5. The van der Waals surface area contributed by atoms with E-state index >= 15 is 0 Å². The number of hydrogen-bond acceptors (Lipinski definition) is 3. The maximum atomic E-state index is 13.5. The van der Waals surface area contributed by atoms with Crippen molar-refractivity contribution < 1.29 is 13.6 Å². The van der Waals surface area contributed by atoms with Gasteiger partial charge < -0.3 is 9.73 Å². The lowest BCUT2D eigenvalue weighted by Crippen LogP contribution is -2.34. The molecular formula is C15H17FN2O2. The Labute approximate surface area is 117 Å². The fourth-order valence-corrected chi connectivity index (χ4v) is 1.95. The lowest BCUT2D eigenvalue weighted by atomic mass is 10.1. The minimum absolute atomic E-state index is 0.0458. The molecule has 5 heteroatoms. The molecule has 1 aromatic carbocycles. The molecule has 0 fully saturated rings. The predicted octanol–water partition coefficient (Wildman–Crippen LogP) is 2.45. The Morgan fingerprint density at radius 2 is 2.05 bits per heavy atom. The Hall–Kier alpha value is -2.14. The summed E-state index contributed by atoms with van der Waals surface area (Å²) >= 11 is 0. The fourth-order valence-electron chi connectivity index (χ4n) is 1.95. The van der Waals surface area contributed by atoms with Crippen LogP contribution in [-0.4, -0.2) is 31.4 Å². The van der Waals surface area contributed by atoms with Gasteiger partial charge in [-0.2, -0.15) is 0 Å². The van der Waals surface area contributed by atoms with E-state index in [1.54, 1.807) is 24.5 Å². The molecule has 1 amide bonds. The van der Waals surface area contributed by atoms with Gasteiger partial charge in [-0.25, -0.2) is 4.39 Å². The van der Waals surface area contributed by atoms with E-state index in [0.29, 0.717) is 6.54 Å². The molecule has 1 heterocycles. The number of amides is 1. The Bertz CT molecular complexity index is 567. The molecule has 1 N–H and O–H groups in total.